The summed E-state index contributed by atoms with van der Waals surface area (Å²) in [5.41, 5.74) is 2.63. The summed E-state index contributed by atoms with van der Waals surface area (Å²) in [4.78, 5) is 19.4. The van der Waals surface area contributed by atoms with Crippen LogP contribution in [0.5, 0.6) is 0 Å². The van der Waals surface area contributed by atoms with Gasteiger partial charge in [-0.05, 0) is 41.8 Å². The van der Waals surface area contributed by atoms with Gasteiger partial charge in [0, 0.05) is 31.3 Å². The topological polar surface area (TPSA) is 59.7 Å². The average Bonchev–Trinajstić information content (AvgIpc) is 2.69. The van der Waals surface area contributed by atoms with Gasteiger partial charge < -0.3 is 4.90 Å². The molecule has 174 valence electrons. The van der Waals surface area contributed by atoms with Gasteiger partial charge in [0.25, 0.3) is 0 Å². The second-order valence-electron chi connectivity index (χ2n) is 9.84. The van der Waals surface area contributed by atoms with Crippen molar-refractivity contribution in [2.75, 3.05) is 13.1 Å². The Hall–Kier alpha value is -1.22. The number of halogens is 3. The minimum Gasteiger partial charge on any atom is -0.366 e. The maximum Gasteiger partial charge on any atom is 0.232 e. The Bertz CT molecular complexity index is 946. The summed E-state index contributed by atoms with van der Waals surface area (Å²) in [6.45, 7) is 13.3. The summed E-state index contributed by atoms with van der Waals surface area (Å²) in [5.74, 6) is -0.0500. The second kappa shape index (κ2) is 11.3. The van der Waals surface area contributed by atoms with E-state index in [1.165, 1.54) is 6.08 Å². The molecule has 0 bridgehead atoms. The Kier molecular flexibility index (Phi) is 9.52. The van der Waals surface area contributed by atoms with Gasteiger partial charge in [0.15, 0.2) is 0 Å². The quantitative estimate of drug-likeness (QED) is 0.250. The highest BCUT2D eigenvalue weighted by molar-refractivity contribution is 14.1. The molecular weight excluding hydrogens is 633 g/mol. The molecule has 2 rings (SSSR count). The minimum atomic E-state index is -0.427. The van der Waals surface area contributed by atoms with Crippen molar-refractivity contribution in [2.24, 2.45) is 16.3 Å². The SMILES string of the molecule is CC(C)=C1C(N2C[C@@H](C)C[C@@H](N(I)C(=O)CC(C)(C)C)C2)=C(F)C=C(C#N)/C1=N/C=C\I. The Morgan fingerprint density at radius 1 is 1.41 bits per heavy atom. The van der Waals surface area contributed by atoms with E-state index in [4.69, 9.17) is 0 Å². The minimum absolute atomic E-state index is 0.0242. The van der Waals surface area contributed by atoms with Crippen molar-refractivity contribution in [3.8, 4) is 6.07 Å². The molecule has 1 amide bonds. The van der Waals surface area contributed by atoms with Gasteiger partial charge in [-0.2, -0.15) is 5.26 Å². The van der Waals surface area contributed by atoms with Gasteiger partial charge in [-0.1, -0.05) is 55.9 Å². The van der Waals surface area contributed by atoms with Crippen LogP contribution in [-0.2, 0) is 4.79 Å². The molecule has 8 heteroatoms. The molecule has 0 aromatic rings. The van der Waals surface area contributed by atoms with Crippen LogP contribution < -0.4 is 0 Å². The van der Waals surface area contributed by atoms with E-state index < -0.39 is 5.83 Å². The number of nitriles is 1. The van der Waals surface area contributed by atoms with Crippen LogP contribution in [0, 0.1) is 22.7 Å². The van der Waals surface area contributed by atoms with Crippen LogP contribution in [0.2, 0.25) is 0 Å². The molecule has 0 radical (unpaired) electrons. The number of nitrogens with zero attached hydrogens (tertiary/aromatic N) is 4. The zero-order valence-electron chi connectivity index (χ0n) is 19.5. The predicted molar refractivity (Wildman–Crippen MR) is 145 cm³/mol. The van der Waals surface area contributed by atoms with Gasteiger partial charge in [-0.25, -0.2) is 4.39 Å². The zero-order valence-corrected chi connectivity index (χ0v) is 23.9. The number of carbonyl (C=O) groups is 1. The van der Waals surface area contributed by atoms with Crippen molar-refractivity contribution in [2.45, 2.75) is 60.4 Å². The molecule has 5 nitrogen and oxygen atoms in total. The van der Waals surface area contributed by atoms with Crippen molar-refractivity contribution in [1.82, 2.24) is 8.01 Å². The number of allylic oxidation sites excluding steroid dienone is 5. The van der Waals surface area contributed by atoms with Crippen LogP contribution in [0.25, 0.3) is 0 Å². The predicted octanol–water partition coefficient (Wildman–Crippen LogP) is 6.64. The molecule has 0 spiro atoms. The number of carbonyl (C=O) groups excluding carboxylic acids is 1. The lowest BCUT2D eigenvalue weighted by Crippen LogP contribution is -2.49. The lowest BCUT2D eigenvalue weighted by molar-refractivity contribution is -0.129. The van der Waals surface area contributed by atoms with Gasteiger partial charge in [0.2, 0.25) is 5.91 Å². The van der Waals surface area contributed by atoms with Gasteiger partial charge in [-0.15, -0.1) is 0 Å². The summed E-state index contributed by atoms with van der Waals surface area (Å²) in [6, 6.07) is 2.06. The third-order valence-corrected chi connectivity index (χ3v) is 6.95. The molecule has 2 atom stereocenters. The average molecular weight is 664 g/mol. The Morgan fingerprint density at radius 3 is 2.59 bits per heavy atom. The number of amides is 1. The molecular formula is C24H31FI2N4O. The first-order valence-electron chi connectivity index (χ1n) is 10.7. The fraction of sp³-hybridized carbons (Fsp3) is 0.542. The van der Waals surface area contributed by atoms with Crippen molar-refractivity contribution in [3.63, 3.8) is 0 Å². The van der Waals surface area contributed by atoms with Gasteiger partial charge in [0.1, 0.15) is 11.9 Å². The first-order valence-corrected chi connectivity index (χ1v) is 12.9. The van der Waals surface area contributed by atoms with Crippen LogP contribution >= 0.6 is 45.5 Å². The molecule has 1 aliphatic heterocycles. The van der Waals surface area contributed by atoms with Gasteiger partial charge >= 0.3 is 0 Å². The fourth-order valence-electron chi connectivity index (χ4n) is 4.13. The van der Waals surface area contributed by atoms with Crippen molar-refractivity contribution in [3.05, 3.63) is 44.6 Å². The highest BCUT2D eigenvalue weighted by Crippen LogP contribution is 2.37. The first kappa shape index (κ1) is 27.0. The van der Waals surface area contributed by atoms with E-state index in [0.29, 0.717) is 36.5 Å². The van der Waals surface area contributed by atoms with E-state index in [0.717, 1.165) is 12.0 Å². The molecule has 0 unspecified atom stereocenters. The molecule has 1 saturated heterocycles. The van der Waals surface area contributed by atoms with Crippen molar-refractivity contribution in [1.29, 1.82) is 5.26 Å². The maximum absolute atomic E-state index is 15.4. The number of piperidine rings is 1. The lowest BCUT2D eigenvalue weighted by Gasteiger charge is -2.43. The first-order chi connectivity index (χ1) is 14.9. The van der Waals surface area contributed by atoms with E-state index >= 15 is 4.39 Å². The van der Waals surface area contributed by atoms with E-state index in [-0.39, 0.29) is 28.9 Å². The Morgan fingerprint density at radius 2 is 2.06 bits per heavy atom. The summed E-state index contributed by atoms with van der Waals surface area (Å²) in [6.07, 6.45) is 4.23. The number of hydrogen-bond acceptors (Lipinski definition) is 4. The van der Waals surface area contributed by atoms with Crippen LogP contribution in [0.15, 0.2) is 49.6 Å². The molecule has 32 heavy (non-hydrogen) atoms. The van der Waals surface area contributed by atoms with Crippen LogP contribution in [-0.4, -0.2) is 38.8 Å². The Balaban J connectivity index is 2.47. The molecule has 0 saturated carbocycles. The third-order valence-electron chi connectivity index (χ3n) is 5.30. The second-order valence-corrected chi connectivity index (χ2v) is 11.6. The standard InChI is InChI=1S/C24H31FI2N4O/c1-15(2)21-22(29-8-7-26)17(12-28)10-19(25)23(21)30-13-16(3)9-18(14-30)31(27)20(32)11-24(4,5)6/h7-8,10,16,18H,9,11,13-14H2,1-6H3/b8-7-,29-22-/t16-,18+/m0/s1. The maximum atomic E-state index is 15.4. The smallest absolute Gasteiger partial charge is 0.232 e. The Labute approximate surface area is 218 Å². The number of aliphatic imine (C=N–C) groups is 1. The van der Waals surface area contributed by atoms with Gasteiger partial charge in [-0.3, -0.25) is 12.9 Å². The third kappa shape index (κ3) is 6.65. The van der Waals surface area contributed by atoms with E-state index in [2.05, 4.69) is 84.2 Å². The van der Waals surface area contributed by atoms with E-state index in [9.17, 15) is 10.1 Å². The van der Waals surface area contributed by atoms with Crippen LogP contribution in [0.4, 0.5) is 4.39 Å². The molecule has 0 aromatic carbocycles. The van der Waals surface area contributed by atoms with E-state index in [1.54, 1.807) is 13.4 Å². The summed E-state index contributed by atoms with van der Waals surface area (Å²) < 4.78 is 19.0. The highest BCUT2D eigenvalue weighted by atomic mass is 127. The largest absolute Gasteiger partial charge is 0.366 e. The monoisotopic (exact) mass is 664 g/mol. The number of hydrogen-bond donors (Lipinski definition) is 0. The number of rotatable bonds is 4. The number of likely N-dealkylation sites (tertiary alicyclic amines) is 1. The summed E-state index contributed by atoms with van der Waals surface area (Å²) in [7, 11) is 0. The van der Waals surface area contributed by atoms with Gasteiger partial charge in [0.05, 0.1) is 45.9 Å². The van der Waals surface area contributed by atoms with Crippen LogP contribution in [0.3, 0.4) is 0 Å². The molecule has 2 aliphatic rings. The summed E-state index contributed by atoms with van der Waals surface area (Å²) in [5, 5.41) is 9.59. The van der Waals surface area contributed by atoms with Crippen molar-refractivity contribution >= 4 is 57.1 Å². The summed E-state index contributed by atoms with van der Waals surface area (Å²) >= 11 is 4.19. The van der Waals surface area contributed by atoms with Crippen molar-refractivity contribution < 1.29 is 9.18 Å². The zero-order chi connectivity index (χ0) is 24.2. The lowest BCUT2D eigenvalue weighted by atomic mass is 9.87. The molecule has 0 N–H and O–H groups in total. The normalized spacial score (nSPS) is 23.5. The highest BCUT2D eigenvalue weighted by Gasteiger charge is 2.37. The molecule has 1 fully saturated rings. The molecule has 0 aromatic heterocycles. The fourth-order valence-corrected chi connectivity index (χ4v) is 4.87. The molecule has 1 heterocycles. The molecule has 1 aliphatic carbocycles. The van der Waals surface area contributed by atoms with Crippen LogP contribution in [0.1, 0.15) is 54.4 Å². The van der Waals surface area contributed by atoms with E-state index in [1.807, 2.05) is 18.7 Å².